The zero-order valence-electron chi connectivity index (χ0n) is 9.04. The highest BCUT2D eigenvalue weighted by molar-refractivity contribution is 4.83. The maximum Gasteiger partial charge on any atom is 0.0583 e. The van der Waals surface area contributed by atoms with Crippen LogP contribution in [0.1, 0.15) is 44.9 Å². The second kappa shape index (κ2) is 5.13. The first-order chi connectivity index (χ1) is 6.88. The van der Waals surface area contributed by atoms with Gasteiger partial charge in [-0.3, -0.25) is 0 Å². The first-order valence-corrected chi connectivity index (χ1v) is 6.26. The van der Waals surface area contributed by atoms with Crippen molar-refractivity contribution >= 4 is 0 Å². The third-order valence-corrected chi connectivity index (χ3v) is 3.98. The fraction of sp³-hybridized carbons (Fsp3) is 1.00. The predicted molar refractivity (Wildman–Crippen MR) is 58.2 cm³/mol. The van der Waals surface area contributed by atoms with Crippen LogP contribution in [-0.2, 0) is 0 Å². The first kappa shape index (κ1) is 10.4. The number of hydrogen-bond acceptors (Lipinski definition) is 2. The van der Waals surface area contributed by atoms with Crippen LogP contribution in [0.5, 0.6) is 0 Å². The van der Waals surface area contributed by atoms with Gasteiger partial charge in [0.15, 0.2) is 0 Å². The minimum atomic E-state index is -0.0342. The Kier molecular flexibility index (Phi) is 3.82. The average molecular weight is 197 g/mol. The van der Waals surface area contributed by atoms with Crippen molar-refractivity contribution in [2.75, 3.05) is 13.1 Å². The third kappa shape index (κ3) is 2.48. The van der Waals surface area contributed by atoms with Gasteiger partial charge in [0.1, 0.15) is 0 Å². The SMILES string of the molecule is OC1CCCNCC1C1CCCCC1. The van der Waals surface area contributed by atoms with E-state index in [1.165, 1.54) is 32.1 Å². The monoisotopic (exact) mass is 197 g/mol. The highest BCUT2D eigenvalue weighted by Gasteiger charge is 2.29. The van der Waals surface area contributed by atoms with Crippen LogP contribution < -0.4 is 5.32 Å². The summed E-state index contributed by atoms with van der Waals surface area (Å²) < 4.78 is 0. The Balaban J connectivity index is 1.91. The number of rotatable bonds is 1. The second-order valence-corrected chi connectivity index (χ2v) is 4.98. The molecule has 1 saturated carbocycles. The minimum absolute atomic E-state index is 0.0342. The summed E-state index contributed by atoms with van der Waals surface area (Å²) in [5.41, 5.74) is 0. The molecule has 2 heteroatoms. The van der Waals surface area contributed by atoms with Gasteiger partial charge in [-0.15, -0.1) is 0 Å². The molecule has 1 aliphatic carbocycles. The standard InChI is InChI=1S/C12H23NO/c14-12-7-4-8-13-9-11(12)10-5-2-1-3-6-10/h10-14H,1-9H2. The molecule has 82 valence electrons. The molecule has 14 heavy (non-hydrogen) atoms. The van der Waals surface area contributed by atoms with E-state index < -0.39 is 0 Å². The van der Waals surface area contributed by atoms with Gasteiger partial charge in [-0.2, -0.15) is 0 Å². The highest BCUT2D eigenvalue weighted by atomic mass is 16.3. The van der Waals surface area contributed by atoms with Crippen molar-refractivity contribution < 1.29 is 5.11 Å². The molecular formula is C12H23NO. The van der Waals surface area contributed by atoms with Crippen molar-refractivity contribution in [3.05, 3.63) is 0 Å². The van der Waals surface area contributed by atoms with Gasteiger partial charge in [0.25, 0.3) is 0 Å². The molecule has 0 aromatic rings. The lowest BCUT2D eigenvalue weighted by molar-refractivity contribution is 0.0597. The van der Waals surface area contributed by atoms with E-state index in [9.17, 15) is 5.11 Å². The summed E-state index contributed by atoms with van der Waals surface area (Å²) >= 11 is 0. The van der Waals surface area contributed by atoms with E-state index in [1.807, 2.05) is 0 Å². The Morgan fingerprint density at radius 3 is 2.50 bits per heavy atom. The van der Waals surface area contributed by atoms with Gasteiger partial charge in [-0.05, 0) is 25.3 Å². The number of aliphatic hydroxyl groups is 1. The Morgan fingerprint density at radius 1 is 0.929 bits per heavy atom. The maximum absolute atomic E-state index is 10.1. The van der Waals surface area contributed by atoms with E-state index in [0.717, 1.165) is 31.8 Å². The molecule has 2 N–H and O–H groups in total. The number of aliphatic hydroxyl groups excluding tert-OH is 1. The van der Waals surface area contributed by atoms with Crippen molar-refractivity contribution in [3.63, 3.8) is 0 Å². The lowest BCUT2D eigenvalue weighted by atomic mass is 9.77. The van der Waals surface area contributed by atoms with Crippen LogP contribution in [0.25, 0.3) is 0 Å². The van der Waals surface area contributed by atoms with E-state index in [2.05, 4.69) is 5.32 Å². The first-order valence-electron chi connectivity index (χ1n) is 6.26. The maximum atomic E-state index is 10.1. The van der Waals surface area contributed by atoms with Crippen LogP contribution in [0, 0.1) is 11.8 Å². The van der Waals surface area contributed by atoms with Gasteiger partial charge in [-0.25, -0.2) is 0 Å². The lowest BCUT2D eigenvalue weighted by Gasteiger charge is -2.32. The van der Waals surface area contributed by atoms with Crippen molar-refractivity contribution in [2.45, 2.75) is 51.0 Å². The van der Waals surface area contributed by atoms with Gasteiger partial charge >= 0.3 is 0 Å². The molecule has 1 saturated heterocycles. The fourth-order valence-corrected chi connectivity index (χ4v) is 3.10. The van der Waals surface area contributed by atoms with Crippen molar-refractivity contribution in [1.82, 2.24) is 5.32 Å². The number of hydrogen-bond donors (Lipinski definition) is 2. The van der Waals surface area contributed by atoms with Crippen LogP contribution in [0.3, 0.4) is 0 Å². The van der Waals surface area contributed by atoms with E-state index in [0.29, 0.717) is 5.92 Å². The Morgan fingerprint density at radius 2 is 1.71 bits per heavy atom. The summed E-state index contributed by atoms with van der Waals surface area (Å²) in [6.45, 7) is 2.14. The van der Waals surface area contributed by atoms with Gasteiger partial charge < -0.3 is 10.4 Å². The topological polar surface area (TPSA) is 32.3 Å². The quantitative estimate of drug-likeness (QED) is 0.673. The molecule has 0 amide bonds. The second-order valence-electron chi connectivity index (χ2n) is 4.98. The molecule has 0 bridgehead atoms. The zero-order chi connectivity index (χ0) is 9.80. The number of nitrogens with one attached hydrogen (secondary N) is 1. The molecule has 2 unspecified atom stereocenters. The van der Waals surface area contributed by atoms with E-state index >= 15 is 0 Å². The van der Waals surface area contributed by atoms with Crippen molar-refractivity contribution in [2.24, 2.45) is 11.8 Å². The van der Waals surface area contributed by atoms with Gasteiger partial charge in [0.05, 0.1) is 6.10 Å². The molecule has 2 fully saturated rings. The third-order valence-electron chi connectivity index (χ3n) is 3.98. The Bertz CT molecular complexity index is 166. The highest BCUT2D eigenvalue weighted by Crippen LogP contribution is 2.33. The molecule has 2 nitrogen and oxygen atoms in total. The summed E-state index contributed by atoms with van der Waals surface area (Å²) in [4.78, 5) is 0. The molecule has 1 aliphatic heterocycles. The minimum Gasteiger partial charge on any atom is -0.393 e. The molecule has 2 atom stereocenters. The molecule has 2 aliphatic rings. The fourth-order valence-electron chi connectivity index (χ4n) is 3.10. The van der Waals surface area contributed by atoms with E-state index in [-0.39, 0.29) is 6.10 Å². The summed E-state index contributed by atoms with van der Waals surface area (Å²) in [6, 6.07) is 0. The van der Waals surface area contributed by atoms with Crippen LogP contribution in [0.15, 0.2) is 0 Å². The van der Waals surface area contributed by atoms with Gasteiger partial charge in [-0.1, -0.05) is 32.1 Å². The zero-order valence-corrected chi connectivity index (χ0v) is 9.04. The molecule has 0 aromatic carbocycles. The lowest BCUT2D eigenvalue weighted by Crippen LogP contribution is -2.35. The van der Waals surface area contributed by atoms with E-state index in [1.54, 1.807) is 0 Å². The molecule has 0 spiro atoms. The summed E-state index contributed by atoms with van der Waals surface area (Å²) in [5, 5.41) is 13.5. The largest absolute Gasteiger partial charge is 0.393 e. The van der Waals surface area contributed by atoms with Crippen LogP contribution >= 0.6 is 0 Å². The normalized spacial score (nSPS) is 36.6. The predicted octanol–water partition coefficient (Wildman–Crippen LogP) is 1.93. The summed E-state index contributed by atoms with van der Waals surface area (Å²) in [7, 11) is 0. The van der Waals surface area contributed by atoms with Gasteiger partial charge in [0, 0.05) is 12.5 Å². The summed E-state index contributed by atoms with van der Waals surface area (Å²) in [5.74, 6) is 1.34. The summed E-state index contributed by atoms with van der Waals surface area (Å²) in [6.07, 6.45) is 8.99. The van der Waals surface area contributed by atoms with Crippen LogP contribution in [0.4, 0.5) is 0 Å². The van der Waals surface area contributed by atoms with Gasteiger partial charge in [0.2, 0.25) is 0 Å². The van der Waals surface area contributed by atoms with Crippen molar-refractivity contribution in [3.8, 4) is 0 Å². The van der Waals surface area contributed by atoms with Crippen LogP contribution in [-0.4, -0.2) is 24.3 Å². The van der Waals surface area contributed by atoms with Crippen molar-refractivity contribution in [1.29, 1.82) is 0 Å². The smallest absolute Gasteiger partial charge is 0.0583 e. The molecular weight excluding hydrogens is 174 g/mol. The van der Waals surface area contributed by atoms with Crippen LogP contribution in [0.2, 0.25) is 0 Å². The molecule has 1 heterocycles. The Hall–Kier alpha value is -0.0800. The average Bonchev–Trinajstić information content (AvgIpc) is 2.44. The Labute approximate surface area is 87.1 Å². The van der Waals surface area contributed by atoms with E-state index in [4.69, 9.17) is 0 Å². The molecule has 0 radical (unpaired) electrons. The molecule has 0 aromatic heterocycles. The molecule has 2 rings (SSSR count).